The number of hydrogen-bond acceptors (Lipinski definition) is 4. The molecule has 4 rings (SSSR count). The zero-order valence-electron chi connectivity index (χ0n) is 18.1. The summed E-state index contributed by atoms with van der Waals surface area (Å²) in [6.07, 6.45) is 0. The lowest BCUT2D eigenvalue weighted by Crippen LogP contribution is -2.49. The fraction of sp³-hybridized carbons (Fsp3) is 0.160. The monoisotopic (exact) mass is 604 g/mol. The quantitative estimate of drug-likeness (QED) is 0.323. The molecule has 0 spiro atoms. The Hall–Kier alpha value is -2.69. The van der Waals surface area contributed by atoms with Gasteiger partial charge in [-0.2, -0.15) is 0 Å². The molecule has 3 aromatic rings. The summed E-state index contributed by atoms with van der Waals surface area (Å²) in [5, 5.41) is 6.75. The van der Waals surface area contributed by atoms with Crippen molar-refractivity contribution in [2.75, 3.05) is 36.4 Å². The summed E-state index contributed by atoms with van der Waals surface area (Å²) in [5.41, 5.74) is 2.97. The number of benzene rings is 3. The topological polar surface area (TPSA) is 64.7 Å². The Morgan fingerprint density at radius 2 is 1.53 bits per heavy atom. The molecule has 9 heteroatoms. The van der Waals surface area contributed by atoms with Crippen LogP contribution >= 0.6 is 46.4 Å². The molecule has 174 valence electrons. The van der Waals surface area contributed by atoms with Crippen molar-refractivity contribution < 1.29 is 9.59 Å². The Kier molecular flexibility index (Phi) is 8.02. The highest BCUT2D eigenvalue weighted by Crippen LogP contribution is 2.27. The van der Waals surface area contributed by atoms with Crippen molar-refractivity contribution in [3.8, 4) is 0 Å². The zero-order chi connectivity index (χ0) is 24.1. The number of rotatable bonds is 4. The van der Waals surface area contributed by atoms with Crippen LogP contribution in [0.5, 0.6) is 0 Å². The third-order valence-electron chi connectivity index (χ3n) is 5.50. The van der Waals surface area contributed by atoms with Gasteiger partial charge in [0.1, 0.15) is 0 Å². The molecule has 2 amide bonds. The normalized spacial score (nSPS) is 13.4. The van der Waals surface area contributed by atoms with Gasteiger partial charge in [-0.05, 0) is 83.3 Å². The molecule has 0 radical (unpaired) electrons. The SMILES string of the molecule is O=C(NC(=S)Nc1ccccc1N1CCN(C(=O)c2ccc(Cl)cc2)CC1)c1ccccc1I. The second-order valence-electron chi connectivity index (χ2n) is 7.69. The number of carbonyl (C=O) groups excluding carboxylic acids is 2. The maximum atomic E-state index is 12.8. The van der Waals surface area contributed by atoms with E-state index >= 15 is 0 Å². The second kappa shape index (κ2) is 11.2. The molecule has 1 heterocycles. The lowest BCUT2D eigenvalue weighted by atomic mass is 10.1. The number of nitrogens with zero attached hydrogens (tertiary/aromatic N) is 2. The molecule has 0 saturated carbocycles. The Balaban J connectivity index is 1.38. The fourth-order valence-electron chi connectivity index (χ4n) is 3.75. The maximum absolute atomic E-state index is 12.8. The van der Waals surface area contributed by atoms with Crippen molar-refractivity contribution in [1.82, 2.24) is 10.2 Å². The maximum Gasteiger partial charge on any atom is 0.258 e. The van der Waals surface area contributed by atoms with E-state index in [0.29, 0.717) is 42.3 Å². The molecule has 0 atom stereocenters. The van der Waals surface area contributed by atoms with Gasteiger partial charge in [0.05, 0.1) is 16.9 Å². The fourth-order valence-corrected chi connectivity index (χ4v) is 4.71. The lowest BCUT2D eigenvalue weighted by Gasteiger charge is -2.37. The van der Waals surface area contributed by atoms with Gasteiger partial charge in [-0.25, -0.2) is 0 Å². The summed E-state index contributed by atoms with van der Waals surface area (Å²) >= 11 is 13.5. The molecular formula is C25H22ClIN4O2S. The second-order valence-corrected chi connectivity index (χ2v) is 9.70. The van der Waals surface area contributed by atoms with Crippen molar-refractivity contribution in [3.63, 3.8) is 0 Å². The minimum atomic E-state index is -0.255. The number of para-hydroxylation sites is 2. The molecule has 0 aliphatic carbocycles. The Bertz CT molecular complexity index is 1210. The Labute approximate surface area is 222 Å². The molecular weight excluding hydrogens is 583 g/mol. The summed E-state index contributed by atoms with van der Waals surface area (Å²) < 4.78 is 0.854. The highest BCUT2D eigenvalue weighted by Gasteiger charge is 2.24. The average molecular weight is 605 g/mol. The largest absolute Gasteiger partial charge is 0.366 e. The number of amides is 2. The minimum Gasteiger partial charge on any atom is -0.366 e. The Morgan fingerprint density at radius 1 is 0.882 bits per heavy atom. The van der Waals surface area contributed by atoms with Gasteiger partial charge in [0.2, 0.25) is 0 Å². The molecule has 1 aliphatic heterocycles. The van der Waals surface area contributed by atoms with Crippen LogP contribution in [0.4, 0.5) is 11.4 Å². The number of hydrogen-bond donors (Lipinski definition) is 2. The molecule has 0 unspecified atom stereocenters. The molecule has 6 nitrogen and oxygen atoms in total. The zero-order valence-corrected chi connectivity index (χ0v) is 21.9. The van der Waals surface area contributed by atoms with Gasteiger partial charge in [-0.3, -0.25) is 14.9 Å². The molecule has 2 N–H and O–H groups in total. The van der Waals surface area contributed by atoms with E-state index in [2.05, 4.69) is 38.1 Å². The highest BCUT2D eigenvalue weighted by atomic mass is 127. The summed E-state index contributed by atoms with van der Waals surface area (Å²) in [4.78, 5) is 29.5. The summed E-state index contributed by atoms with van der Waals surface area (Å²) in [7, 11) is 0. The van der Waals surface area contributed by atoms with E-state index in [1.165, 1.54) is 0 Å². The van der Waals surface area contributed by atoms with Gasteiger partial charge < -0.3 is 15.1 Å². The van der Waals surface area contributed by atoms with E-state index < -0.39 is 0 Å². The first-order valence-electron chi connectivity index (χ1n) is 10.7. The molecule has 0 bridgehead atoms. The molecule has 1 saturated heterocycles. The van der Waals surface area contributed by atoms with Gasteiger partial charge in [0.15, 0.2) is 5.11 Å². The smallest absolute Gasteiger partial charge is 0.258 e. The third-order valence-corrected chi connectivity index (χ3v) is 6.89. The minimum absolute atomic E-state index is 0.00200. The number of halogens is 2. The van der Waals surface area contributed by atoms with Crippen LogP contribution in [0.3, 0.4) is 0 Å². The summed E-state index contributed by atoms with van der Waals surface area (Å²) in [5.74, 6) is -0.253. The summed E-state index contributed by atoms with van der Waals surface area (Å²) in [6, 6.07) is 22.1. The molecule has 1 aliphatic rings. The molecule has 34 heavy (non-hydrogen) atoms. The van der Waals surface area contributed by atoms with E-state index in [1.807, 2.05) is 47.4 Å². The number of piperazine rings is 1. The first-order chi connectivity index (χ1) is 16.4. The summed E-state index contributed by atoms with van der Waals surface area (Å²) in [6.45, 7) is 2.56. The van der Waals surface area contributed by atoms with Gasteiger partial charge in [-0.15, -0.1) is 0 Å². The molecule has 1 fully saturated rings. The first kappa shape index (κ1) is 24.4. The van der Waals surface area contributed by atoms with E-state index in [4.69, 9.17) is 23.8 Å². The van der Waals surface area contributed by atoms with E-state index in [1.54, 1.807) is 30.3 Å². The predicted molar refractivity (Wildman–Crippen MR) is 149 cm³/mol. The van der Waals surface area contributed by atoms with Crippen LogP contribution in [0, 0.1) is 3.57 Å². The third kappa shape index (κ3) is 5.86. The van der Waals surface area contributed by atoms with E-state index in [0.717, 1.165) is 14.9 Å². The van der Waals surface area contributed by atoms with Crippen LogP contribution in [-0.4, -0.2) is 48.0 Å². The Morgan fingerprint density at radius 3 is 2.24 bits per heavy atom. The number of anilines is 2. The standard InChI is InChI=1S/C25H22ClIN4O2S/c26-18-11-9-17(10-12-18)24(33)31-15-13-30(14-16-31)22-8-4-3-7-21(22)28-25(34)29-23(32)19-5-1-2-6-20(19)27/h1-12H,13-16H2,(H2,28,29,32,34). The van der Waals surface area contributed by atoms with Crippen molar-refractivity contribution in [1.29, 1.82) is 0 Å². The first-order valence-corrected chi connectivity index (χ1v) is 12.5. The van der Waals surface area contributed by atoms with E-state index in [9.17, 15) is 9.59 Å². The van der Waals surface area contributed by atoms with Crippen LogP contribution in [0.25, 0.3) is 0 Å². The highest BCUT2D eigenvalue weighted by molar-refractivity contribution is 14.1. The van der Waals surface area contributed by atoms with Gasteiger partial charge in [0, 0.05) is 40.3 Å². The number of carbonyl (C=O) groups is 2. The van der Waals surface area contributed by atoms with Gasteiger partial charge >= 0.3 is 0 Å². The lowest BCUT2D eigenvalue weighted by molar-refractivity contribution is 0.0746. The van der Waals surface area contributed by atoms with Crippen molar-refractivity contribution >= 4 is 74.7 Å². The van der Waals surface area contributed by atoms with Crippen LogP contribution in [0.2, 0.25) is 5.02 Å². The average Bonchev–Trinajstić information content (AvgIpc) is 2.85. The van der Waals surface area contributed by atoms with Crippen LogP contribution in [-0.2, 0) is 0 Å². The van der Waals surface area contributed by atoms with Gasteiger partial charge in [0.25, 0.3) is 11.8 Å². The van der Waals surface area contributed by atoms with Crippen LogP contribution in [0.15, 0.2) is 72.8 Å². The van der Waals surface area contributed by atoms with Gasteiger partial charge in [-0.1, -0.05) is 35.9 Å². The van der Waals surface area contributed by atoms with Crippen LogP contribution in [0.1, 0.15) is 20.7 Å². The van der Waals surface area contributed by atoms with Crippen molar-refractivity contribution in [3.05, 3.63) is 92.5 Å². The predicted octanol–water partition coefficient (Wildman–Crippen LogP) is 5.03. The van der Waals surface area contributed by atoms with E-state index in [-0.39, 0.29) is 16.9 Å². The molecule has 0 aromatic heterocycles. The molecule has 3 aromatic carbocycles. The number of nitrogens with one attached hydrogen (secondary N) is 2. The van der Waals surface area contributed by atoms with Crippen molar-refractivity contribution in [2.24, 2.45) is 0 Å². The number of thiocarbonyl (C=S) groups is 1. The van der Waals surface area contributed by atoms with Crippen LogP contribution < -0.4 is 15.5 Å². The van der Waals surface area contributed by atoms with Crippen molar-refractivity contribution in [2.45, 2.75) is 0 Å².